The molecule has 1 atom stereocenters. The number of carbonyl (C=O) groups excluding carboxylic acids is 2. The maximum Gasteiger partial charge on any atom is 0.315 e. The second kappa shape index (κ2) is 3.76. The highest BCUT2D eigenvalue weighted by Crippen LogP contribution is 2.27. The summed E-state index contributed by atoms with van der Waals surface area (Å²) in [6.45, 7) is -0.00291. The normalized spacial score (nSPS) is 24.1. The van der Waals surface area contributed by atoms with Crippen LogP contribution >= 0.6 is 0 Å². The molecule has 0 aromatic carbocycles. The van der Waals surface area contributed by atoms with Gasteiger partial charge in [0, 0.05) is 0 Å². The van der Waals surface area contributed by atoms with Crippen LogP contribution in [0.15, 0.2) is 23.6 Å². The van der Waals surface area contributed by atoms with Crippen molar-refractivity contribution in [1.82, 2.24) is 5.32 Å². The lowest BCUT2D eigenvalue weighted by Crippen LogP contribution is -2.39. The van der Waals surface area contributed by atoms with Crippen molar-refractivity contribution in [3.63, 3.8) is 0 Å². The van der Waals surface area contributed by atoms with E-state index >= 15 is 0 Å². The zero-order valence-electron chi connectivity index (χ0n) is 8.28. The van der Waals surface area contributed by atoms with Crippen molar-refractivity contribution in [1.29, 1.82) is 0 Å². The summed E-state index contributed by atoms with van der Waals surface area (Å²) in [4.78, 5) is 22.6. The molecule has 0 aromatic heterocycles. The van der Waals surface area contributed by atoms with Crippen LogP contribution in [0.25, 0.3) is 0 Å². The van der Waals surface area contributed by atoms with Crippen molar-refractivity contribution in [2.24, 2.45) is 5.92 Å². The molecular formula is C10H11NO4. The molecule has 5 nitrogen and oxygen atoms in total. The largest absolute Gasteiger partial charge is 0.482 e. The fourth-order valence-corrected chi connectivity index (χ4v) is 1.65. The van der Waals surface area contributed by atoms with Gasteiger partial charge in [-0.25, -0.2) is 0 Å². The SMILES string of the molecule is COC(=O)C1CC=CC2=C1NC(=O)CO2. The summed E-state index contributed by atoms with van der Waals surface area (Å²) in [5.41, 5.74) is 0.514. The van der Waals surface area contributed by atoms with E-state index in [2.05, 4.69) is 10.1 Å². The van der Waals surface area contributed by atoms with Crippen LogP contribution in [0.2, 0.25) is 0 Å². The highest BCUT2D eigenvalue weighted by molar-refractivity contribution is 5.84. The van der Waals surface area contributed by atoms with Crippen LogP contribution in [0, 0.1) is 5.92 Å². The number of hydrogen-bond donors (Lipinski definition) is 1. The molecule has 2 aliphatic rings. The van der Waals surface area contributed by atoms with Crippen molar-refractivity contribution in [2.75, 3.05) is 13.7 Å². The van der Waals surface area contributed by atoms with Gasteiger partial charge in [-0.3, -0.25) is 9.59 Å². The van der Waals surface area contributed by atoms with E-state index in [4.69, 9.17) is 4.74 Å². The van der Waals surface area contributed by atoms with Crippen molar-refractivity contribution >= 4 is 11.9 Å². The zero-order chi connectivity index (χ0) is 10.8. The van der Waals surface area contributed by atoms with Crippen molar-refractivity contribution < 1.29 is 19.1 Å². The second-order valence-corrected chi connectivity index (χ2v) is 3.33. The first kappa shape index (κ1) is 9.76. The molecule has 80 valence electrons. The molecule has 1 amide bonds. The molecular weight excluding hydrogens is 198 g/mol. The molecule has 1 N–H and O–H groups in total. The highest BCUT2D eigenvalue weighted by Gasteiger charge is 2.32. The van der Waals surface area contributed by atoms with Crippen molar-refractivity contribution in [2.45, 2.75) is 6.42 Å². The van der Waals surface area contributed by atoms with E-state index in [1.807, 2.05) is 6.08 Å². The van der Waals surface area contributed by atoms with Gasteiger partial charge in [0.05, 0.1) is 12.8 Å². The molecule has 0 spiro atoms. The minimum atomic E-state index is -0.459. The second-order valence-electron chi connectivity index (χ2n) is 3.33. The average molecular weight is 209 g/mol. The van der Waals surface area contributed by atoms with Gasteiger partial charge in [-0.15, -0.1) is 0 Å². The number of esters is 1. The molecule has 1 aliphatic carbocycles. The topological polar surface area (TPSA) is 64.6 Å². The summed E-state index contributed by atoms with van der Waals surface area (Å²) in [5, 5.41) is 2.65. The van der Waals surface area contributed by atoms with Gasteiger partial charge in [-0.05, 0) is 12.5 Å². The number of amides is 1. The van der Waals surface area contributed by atoms with Crippen LogP contribution in [0.3, 0.4) is 0 Å². The Morgan fingerprint density at radius 1 is 1.67 bits per heavy atom. The van der Waals surface area contributed by atoms with Crippen LogP contribution in [0.1, 0.15) is 6.42 Å². The third-order valence-corrected chi connectivity index (χ3v) is 2.37. The molecule has 1 unspecified atom stereocenters. The lowest BCUT2D eigenvalue weighted by atomic mass is 9.95. The van der Waals surface area contributed by atoms with Gasteiger partial charge >= 0.3 is 5.97 Å². The predicted octanol–water partition coefficient (Wildman–Crippen LogP) is 0.0935. The molecule has 0 saturated heterocycles. The van der Waals surface area contributed by atoms with Crippen molar-refractivity contribution in [3.8, 4) is 0 Å². The fourth-order valence-electron chi connectivity index (χ4n) is 1.65. The standard InChI is InChI=1S/C10H11NO4/c1-14-10(13)6-3-2-4-7-9(6)11-8(12)5-15-7/h2,4,6H,3,5H2,1H3,(H,11,12). The average Bonchev–Trinajstić information content (AvgIpc) is 2.27. The predicted molar refractivity (Wildman–Crippen MR) is 50.4 cm³/mol. The van der Waals surface area contributed by atoms with E-state index in [0.717, 1.165) is 0 Å². The van der Waals surface area contributed by atoms with Crippen LogP contribution < -0.4 is 5.32 Å². The van der Waals surface area contributed by atoms with E-state index in [9.17, 15) is 9.59 Å². The first-order valence-electron chi connectivity index (χ1n) is 4.63. The lowest BCUT2D eigenvalue weighted by molar-refractivity contribution is -0.144. The Morgan fingerprint density at radius 2 is 2.47 bits per heavy atom. The zero-order valence-corrected chi connectivity index (χ0v) is 8.28. The third-order valence-electron chi connectivity index (χ3n) is 2.37. The van der Waals surface area contributed by atoms with E-state index in [-0.39, 0.29) is 18.5 Å². The fraction of sp³-hybridized carbons (Fsp3) is 0.400. The summed E-state index contributed by atoms with van der Waals surface area (Å²) in [7, 11) is 1.33. The first-order valence-corrected chi connectivity index (χ1v) is 4.63. The summed E-state index contributed by atoms with van der Waals surface area (Å²) in [6, 6.07) is 0. The van der Waals surface area contributed by atoms with E-state index in [1.165, 1.54) is 7.11 Å². The van der Waals surface area contributed by atoms with Crippen LogP contribution in [-0.4, -0.2) is 25.6 Å². The third kappa shape index (κ3) is 1.72. The number of rotatable bonds is 1. The number of hydrogen-bond acceptors (Lipinski definition) is 4. The Morgan fingerprint density at radius 3 is 3.20 bits per heavy atom. The molecule has 0 bridgehead atoms. The highest BCUT2D eigenvalue weighted by atomic mass is 16.5. The molecule has 0 radical (unpaired) electrons. The molecule has 0 fully saturated rings. The Kier molecular flexibility index (Phi) is 2.45. The quantitative estimate of drug-likeness (QED) is 0.622. The Bertz CT molecular complexity index is 370. The minimum absolute atomic E-state index is 0.00291. The molecule has 1 heterocycles. The molecule has 5 heteroatoms. The van der Waals surface area contributed by atoms with E-state index in [0.29, 0.717) is 17.9 Å². The monoisotopic (exact) mass is 209 g/mol. The first-order chi connectivity index (χ1) is 7.22. The smallest absolute Gasteiger partial charge is 0.315 e. The Hall–Kier alpha value is -1.78. The number of ether oxygens (including phenoxy) is 2. The van der Waals surface area contributed by atoms with E-state index < -0.39 is 5.92 Å². The van der Waals surface area contributed by atoms with Crippen LogP contribution in [0.5, 0.6) is 0 Å². The molecule has 15 heavy (non-hydrogen) atoms. The van der Waals surface area contributed by atoms with Gasteiger partial charge in [0.25, 0.3) is 5.91 Å². The molecule has 0 aromatic rings. The van der Waals surface area contributed by atoms with Crippen LogP contribution in [-0.2, 0) is 19.1 Å². The molecule has 0 saturated carbocycles. The van der Waals surface area contributed by atoms with Gasteiger partial charge in [0.15, 0.2) is 6.61 Å². The number of allylic oxidation sites excluding steroid dienone is 2. The lowest BCUT2D eigenvalue weighted by Gasteiger charge is -2.27. The maximum atomic E-state index is 11.4. The summed E-state index contributed by atoms with van der Waals surface area (Å²) < 4.78 is 9.85. The molecule has 2 rings (SSSR count). The van der Waals surface area contributed by atoms with Gasteiger partial charge < -0.3 is 14.8 Å². The van der Waals surface area contributed by atoms with Gasteiger partial charge in [0.2, 0.25) is 0 Å². The van der Waals surface area contributed by atoms with Gasteiger partial charge in [-0.2, -0.15) is 0 Å². The summed E-state index contributed by atoms with van der Waals surface area (Å²) in [6.07, 6.45) is 4.11. The Balaban J connectivity index is 2.29. The van der Waals surface area contributed by atoms with Gasteiger partial charge in [-0.1, -0.05) is 6.08 Å². The van der Waals surface area contributed by atoms with E-state index in [1.54, 1.807) is 6.08 Å². The number of methoxy groups -OCH3 is 1. The van der Waals surface area contributed by atoms with Gasteiger partial charge in [0.1, 0.15) is 11.7 Å². The summed E-state index contributed by atoms with van der Waals surface area (Å²) >= 11 is 0. The summed E-state index contributed by atoms with van der Waals surface area (Å²) in [5.74, 6) is -0.508. The molecule has 1 aliphatic heterocycles. The number of nitrogens with one attached hydrogen (secondary N) is 1. The van der Waals surface area contributed by atoms with Crippen LogP contribution in [0.4, 0.5) is 0 Å². The maximum absolute atomic E-state index is 11.4. The minimum Gasteiger partial charge on any atom is -0.482 e. The van der Waals surface area contributed by atoms with Crippen molar-refractivity contribution in [3.05, 3.63) is 23.6 Å². The Labute approximate surface area is 86.7 Å². The number of carbonyl (C=O) groups is 2.